The average molecular weight is 353 g/mol. The molecule has 0 saturated heterocycles. The van der Waals surface area contributed by atoms with Gasteiger partial charge in [0.1, 0.15) is 0 Å². The highest BCUT2D eigenvalue weighted by molar-refractivity contribution is 6.67. The molecular formula is C11H8Cl3N3O4. The van der Waals surface area contributed by atoms with Gasteiger partial charge in [-0.1, -0.05) is 34.8 Å². The molecule has 2 aromatic rings. The van der Waals surface area contributed by atoms with Crippen LogP contribution in [0.1, 0.15) is 16.7 Å². The molecule has 0 fully saturated rings. The molecule has 2 N–H and O–H groups in total. The van der Waals surface area contributed by atoms with Crippen LogP contribution in [0.15, 0.2) is 44.7 Å². The van der Waals surface area contributed by atoms with Crippen molar-refractivity contribution in [2.24, 2.45) is 0 Å². The summed E-state index contributed by atoms with van der Waals surface area (Å²) in [4.78, 5) is 36.8. The number of halogens is 3. The molecule has 1 atom stereocenters. The molecule has 7 nitrogen and oxygen atoms in total. The number of hydrogen-bond acceptors (Lipinski definition) is 4. The Morgan fingerprint density at radius 2 is 2.05 bits per heavy atom. The summed E-state index contributed by atoms with van der Waals surface area (Å²) >= 11 is 17.4. The van der Waals surface area contributed by atoms with Gasteiger partial charge >= 0.3 is 5.69 Å². The number of alkyl halides is 3. The fourth-order valence-electron chi connectivity index (χ4n) is 1.54. The van der Waals surface area contributed by atoms with Crippen molar-refractivity contribution in [3.8, 4) is 0 Å². The van der Waals surface area contributed by atoms with E-state index in [9.17, 15) is 14.4 Å². The summed E-state index contributed by atoms with van der Waals surface area (Å²) in [5.74, 6) is -0.707. The molecule has 2 rings (SSSR count). The second-order valence-electron chi connectivity index (χ2n) is 3.91. The molecule has 0 unspecified atom stereocenters. The number of furan rings is 1. The van der Waals surface area contributed by atoms with E-state index in [1.807, 2.05) is 4.98 Å². The van der Waals surface area contributed by atoms with E-state index in [1.165, 1.54) is 18.4 Å². The highest BCUT2D eigenvalue weighted by Crippen LogP contribution is 2.36. The number of hydrogen-bond donors (Lipinski definition) is 2. The standard InChI is InChI=1S/C11H8Cl3N3O4/c12-11(13,14)9(16-8(19)6-2-1-5-21-6)17-4-3-7(18)15-10(17)20/h1-5,9H,(H,16,19)(H,15,18,20)/t9-/m0/s1. The van der Waals surface area contributed by atoms with Crippen LogP contribution in [0, 0.1) is 0 Å². The Hall–Kier alpha value is -1.70. The van der Waals surface area contributed by atoms with Gasteiger partial charge in [-0.15, -0.1) is 0 Å². The van der Waals surface area contributed by atoms with Crippen molar-refractivity contribution >= 4 is 40.7 Å². The van der Waals surface area contributed by atoms with Crippen LogP contribution >= 0.6 is 34.8 Å². The number of amides is 1. The number of H-pyrrole nitrogens is 1. The van der Waals surface area contributed by atoms with Crippen molar-refractivity contribution in [1.29, 1.82) is 0 Å². The van der Waals surface area contributed by atoms with E-state index in [4.69, 9.17) is 39.2 Å². The number of aromatic amines is 1. The molecule has 0 spiro atoms. The van der Waals surface area contributed by atoms with Gasteiger partial charge in [0, 0.05) is 12.3 Å². The number of nitrogens with zero attached hydrogens (tertiary/aromatic N) is 1. The summed E-state index contributed by atoms with van der Waals surface area (Å²) in [6.07, 6.45) is 1.06. The predicted molar refractivity (Wildman–Crippen MR) is 76.8 cm³/mol. The van der Waals surface area contributed by atoms with Crippen molar-refractivity contribution < 1.29 is 9.21 Å². The fraction of sp³-hybridized carbons (Fsp3) is 0.182. The summed E-state index contributed by atoms with van der Waals surface area (Å²) in [7, 11) is 0. The number of carbonyl (C=O) groups excluding carboxylic acids is 1. The molecular weight excluding hydrogens is 344 g/mol. The van der Waals surface area contributed by atoms with Crippen molar-refractivity contribution in [1.82, 2.24) is 14.9 Å². The zero-order valence-corrected chi connectivity index (χ0v) is 12.4. The van der Waals surface area contributed by atoms with Gasteiger partial charge in [0.25, 0.3) is 11.5 Å². The quantitative estimate of drug-likeness (QED) is 0.817. The van der Waals surface area contributed by atoms with Crippen molar-refractivity contribution in [2.75, 3.05) is 0 Å². The third-order valence-corrected chi connectivity index (χ3v) is 3.07. The molecule has 0 saturated carbocycles. The third kappa shape index (κ3) is 3.69. The maximum atomic E-state index is 11.9. The van der Waals surface area contributed by atoms with Crippen LogP contribution in [-0.2, 0) is 0 Å². The first-order chi connectivity index (χ1) is 9.79. The Morgan fingerprint density at radius 3 is 2.57 bits per heavy atom. The monoisotopic (exact) mass is 351 g/mol. The Kier molecular flexibility index (Phi) is 4.46. The van der Waals surface area contributed by atoms with E-state index >= 15 is 0 Å². The lowest BCUT2D eigenvalue weighted by Crippen LogP contribution is -2.46. The van der Waals surface area contributed by atoms with Crippen molar-refractivity contribution in [2.45, 2.75) is 9.96 Å². The molecule has 21 heavy (non-hydrogen) atoms. The van der Waals surface area contributed by atoms with E-state index in [-0.39, 0.29) is 5.76 Å². The van der Waals surface area contributed by atoms with E-state index < -0.39 is 27.1 Å². The average Bonchev–Trinajstić information content (AvgIpc) is 2.89. The third-order valence-electron chi connectivity index (χ3n) is 2.45. The van der Waals surface area contributed by atoms with Crippen LogP contribution in [-0.4, -0.2) is 19.3 Å². The van der Waals surface area contributed by atoms with E-state index in [2.05, 4.69) is 5.32 Å². The Labute approximate surface area is 132 Å². The molecule has 0 aliphatic rings. The first-order valence-corrected chi connectivity index (χ1v) is 6.65. The Morgan fingerprint density at radius 1 is 1.33 bits per heavy atom. The highest BCUT2D eigenvalue weighted by Gasteiger charge is 2.36. The van der Waals surface area contributed by atoms with Crippen LogP contribution in [0.2, 0.25) is 0 Å². The summed E-state index contributed by atoms with van der Waals surface area (Å²) in [5.41, 5.74) is -1.45. The number of nitrogens with one attached hydrogen (secondary N) is 2. The van der Waals surface area contributed by atoms with Gasteiger partial charge in [0.15, 0.2) is 11.9 Å². The normalized spacial score (nSPS) is 12.9. The van der Waals surface area contributed by atoms with Crippen LogP contribution < -0.4 is 16.6 Å². The van der Waals surface area contributed by atoms with Crippen LogP contribution in [0.5, 0.6) is 0 Å². The molecule has 0 bridgehead atoms. The zero-order chi connectivity index (χ0) is 15.6. The smallest absolute Gasteiger partial charge is 0.330 e. The van der Waals surface area contributed by atoms with Crippen LogP contribution in [0.3, 0.4) is 0 Å². The number of rotatable bonds is 3. The highest BCUT2D eigenvalue weighted by atomic mass is 35.6. The minimum Gasteiger partial charge on any atom is -0.459 e. The Balaban J connectivity index is 2.38. The Bertz CT molecular complexity index is 745. The number of carbonyl (C=O) groups is 1. The minimum atomic E-state index is -2.04. The summed E-state index contributed by atoms with van der Waals surface area (Å²) < 4.78 is 3.75. The lowest BCUT2D eigenvalue weighted by atomic mass is 10.4. The summed E-state index contributed by atoms with van der Waals surface area (Å²) in [6.45, 7) is 0. The second kappa shape index (κ2) is 5.97. The second-order valence-corrected chi connectivity index (χ2v) is 6.28. The molecule has 0 aromatic carbocycles. The lowest BCUT2D eigenvalue weighted by Gasteiger charge is -2.26. The first kappa shape index (κ1) is 15.7. The SMILES string of the molecule is O=C(N[C@@H](n1ccc(=O)[nH]c1=O)C(Cl)(Cl)Cl)c1ccco1. The van der Waals surface area contributed by atoms with E-state index in [0.29, 0.717) is 0 Å². The van der Waals surface area contributed by atoms with E-state index in [1.54, 1.807) is 0 Å². The van der Waals surface area contributed by atoms with Crippen LogP contribution in [0.4, 0.5) is 0 Å². The van der Waals surface area contributed by atoms with Gasteiger partial charge in [-0.3, -0.25) is 19.1 Å². The van der Waals surface area contributed by atoms with Gasteiger partial charge in [0.2, 0.25) is 3.79 Å². The van der Waals surface area contributed by atoms with Gasteiger partial charge in [0.05, 0.1) is 6.26 Å². The molecule has 2 heterocycles. The van der Waals surface area contributed by atoms with E-state index in [0.717, 1.165) is 16.8 Å². The van der Waals surface area contributed by atoms with Gasteiger partial charge in [-0.25, -0.2) is 4.79 Å². The van der Waals surface area contributed by atoms with Gasteiger partial charge < -0.3 is 9.73 Å². The van der Waals surface area contributed by atoms with Crippen molar-refractivity contribution in [3.05, 3.63) is 57.3 Å². The summed E-state index contributed by atoms with van der Waals surface area (Å²) in [6, 6.07) is 3.97. The molecule has 0 aliphatic carbocycles. The minimum absolute atomic E-state index is 0.0216. The lowest BCUT2D eigenvalue weighted by molar-refractivity contribution is 0.0890. The van der Waals surface area contributed by atoms with Gasteiger partial charge in [-0.05, 0) is 12.1 Å². The maximum Gasteiger partial charge on any atom is 0.330 e. The molecule has 10 heteroatoms. The zero-order valence-electron chi connectivity index (χ0n) is 10.2. The largest absolute Gasteiger partial charge is 0.459 e. The molecule has 0 radical (unpaired) electrons. The number of aromatic nitrogens is 2. The molecule has 1 amide bonds. The topological polar surface area (TPSA) is 97.1 Å². The fourth-order valence-corrected chi connectivity index (χ4v) is 2.02. The van der Waals surface area contributed by atoms with Crippen molar-refractivity contribution in [3.63, 3.8) is 0 Å². The van der Waals surface area contributed by atoms with Gasteiger partial charge in [-0.2, -0.15) is 0 Å². The molecule has 0 aliphatic heterocycles. The molecule has 2 aromatic heterocycles. The summed E-state index contributed by atoms with van der Waals surface area (Å²) in [5, 5.41) is 2.35. The van der Waals surface area contributed by atoms with Crippen LogP contribution in [0.25, 0.3) is 0 Å². The molecule has 112 valence electrons. The predicted octanol–water partition coefficient (Wildman–Crippen LogP) is 1.43. The maximum absolute atomic E-state index is 11.9. The first-order valence-electron chi connectivity index (χ1n) is 5.51.